The summed E-state index contributed by atoms with van der Waals surface area (Å²) in [4.78, 5) is 0. The highest BCUT2D eigenvalue weighted by atomic mass is 16.5. The smallest absolute Gasteiger partial charge is 0.142 e. The van der Waals surface area contributed by atoms with Crippen LogP contribution in [0.5, 0.6) is 5.75 Å². The van der Waals surface area contributed by atoms with Crippen LogP contribution in [0.4, 0.5) is 5.69 Å². The lowest BCUT2D eigenvalue weighted by Gasteiger charge is -2.15. The van der Waals surface area contributed by atoms with E-state index >= 15 is 0 Å². The Bertz CT molecular complexity index is 305. The van der Waals surface area contributed by atoms with E-state index in [9.17, 15) is 0 Å². The van der Waals surface area contributed by atoms with Crippen molar-refractivity contribution in [1.82, 2.24) is 0 Å². The maximum Gasteiger partial charge on any atom is 0.142 e. The number of nitrogens with two attached hydrogens (primary N) is 1. The van der Waals surface area contributed by atoms with Crippen molar-refractivity contribution in [2.45, 2.75) is 33.6 Å². The van der Waals surface area contributed by atoms with Crippen LogP contribution >= 0.6 is 0 Å². The normalized spacial score (nSPS) is 10.7. The van der Waals surface area contributed by atoms with Crippen molar-refractivity contribution in [2.24, 2.45) is 5.92 Å². The highest BCUT2D eigenvalue weighted by Crippen LogP contribution is 2.23. The van der Waals surface area contributed by atoms with E-state index in [4.69, 9.17) is 10.5 Å². The van der Waals surface area contributed by atoms with Crippen molar-refractivity contribution < 1.29 is 4.74 Å². The fraction of sp³-hybridized carbons (Fsp3) is 0.538. The predicted octanol–water partition coefficient (Wildman–Crippen LogP) is 3.39. The van der Waals surface area contributed by atoms with Gasteiger partial charge >= 0.3 is 0 Å². The third-order valence-electron chi connectivity index (χ3n) is 2.79. The van der Waals surface area contributed by atoms with E-state index in [0.717, 1.165) is 30.9 Å². The van der Waals surface area contributed by atoms with Gasteiger partial charge in [-0.2, -0.15) is 0 Å². The van der Waals surface area contributed by atoms with Gasteiger partial charge < -0.3 is 10.5 Å². The van der Waals surface area contributed by atoms with E-state index in [0.29, 0.717) is 5.92 Å². The number of ether oxygens (including phenoxy) is 1. The topological polar surface area (TPSA) is 35.2 Å². The first kappa shape index (κ1) is 11.9. The second-order valence-electron chi connectivity index (χ2n) is 4.03. The van der Waals surface area contributed by atoms with Gasteiger partial charge in [0.15, 0.2) is 0 Å². The molecule has 84 valence electrons. The van der Waals surface area contributed by atoms with E-state index in [-0.39, 0.29) is 0 Å². The molecule has 0 aliphatic rings. The molecule has 1 rings (SSSR count). The zero-order valence-corrected chi connectivity index (χ0v) is 9.92. The average molecular weight is 207 g/mol. The number of aryl methyl sites for hydroxylation is 1. The molecular formula is C13H21NO. The zero-order valence-electron chi connectivity index (χ0n) is 9.92. The van der Waals surface area contributed by atoms with Crippen LogP contribution in [-0.4, -0.2) is 6.61 Å². The molecule has 15 heavy (non-hydrogen) atoms. The maximum atomic E-state index is 5.87. The molecule has 0 saturated heterocycles. The third-order valence-corrected chi connectivity index (χ3v) is 2.79. The molecule has 0 radical (unpaired) electrons. The van der Waals surface area contributed by atoms with Crippen LogP contribution in [0.15, 0.2) is 18.2 Å². The molecule has 1 aromatic rings. The second-order valence-corrected chi connectivity index (χ2v) is 4.03. The monoisotopic (exact) mass is 207 g/mol. The van der Waals surface area contributed by atoms with Gasteiger partial charge in [-0.15, -0.1) is 0 Å². The molecule has 0 amide bonds. The molecule has 0 spiro atoms. The lowest BCUT2D eigenvalue weighted by atomic mass is 10.1. The van der Waals surface area contributed by atoms with Gasteiger partial charge in [0, 0.05) is 0 Å². The molecule has 0 saturated carbocycles. The van der Waals surface area contributed by atoms with Gasteiger partial charge in [0.2, 0.25) is 0 Å². The molecule has 2 nitrogen and oxygen atoms in total. The minimum absolute atomic E-state index is 0.630. The Morgan fingerprint density at radius 3 is 2.47 bits per heavy atom. The summed E-state index contributed by atoms with van der Waals surface area (Å²) < 4.78 is 5.71. The molecule has 0 unspecified atom stereocenters. The van der Waals surface area contributed by atoms with Crippen LogP contribution in [0.3, 0.4) is 0 Å². The van der Waals surface area contributed by atoms with Crippen LogP contribution in [0.2, 0.25) is 0 Å². The Balaban J connectivity index is 2.57. The van der Waals surface area contributed by atoms with Crippen molar-refractivity contribution in [1.29, 1.82) is 0 Å². The highest BCUT2D eigenvalue weighted by molar-refractivity contribution is 5.53. The number of hydrogen-bond donors (Lipinski definition) is 1. The molecule has 0 aliphatic heterocycles. The van der Waals surface area contributed by atoms with Gasteiger partial charge in [-0.3, -0.25) is 0 Å². The summed E-state index contributed by atoms with van der Waals surface area (Å²) in [5, 5.41) is 0. The minimum atomic E-state index is 0.630. The van der Waals surface area contributed by atoms with Crippen LogP contribution in [0.25, 0.3) is 0 Å². The quantitative estimate of drug-likeness (QED) is 0.751. The summed E-state index contributed by atoms with van der Waals surface area (Å²) >= 11 is 0. The number of anilines is 1. The second kappa shape index (κ2) is 5.64. The fourth-order valence-electron chi connectivity index (χ4n) is 1.53. The van der Waals surface area contributed by atoms with Crippen LogP contribution < -0.4 is 10.5 Å². The minimum Gasteiger partial charge on any atom is -0.491 e. The largest absolute Gasteiger partial charge is 0.491 e. The Hall–Kier alpha value is -1.18. The Kier molecular flexibility index (Phi) is 4.47. The fourth-order valence-corrected chi connectivity index (χ4v) is 1.53. The Morgan fingerprint density at radius 2 is 1.93 bits per heavy atom. The molecule has 0 bridgehead atoms. The van der Waals surface area contributed by atoms with Crippen molar-refractivity contribution in [3.8, 4) is 5.75 Å². The molecular weight excluding hydrogens is 186 g/mol. The van der Waals surface area contributed by atoms with Gasteiger partial charge in [-0.05, 0) is 30.5 Å². The van der Waals surface area contributed by atoms with Crippen molar-refractivity contribution in [3.05, 3.63) is 23.8 Å². The van der Waals surface area contributed by atoms with E-state index in [1.165, 1.54) is 5.56 Å². The number of nitrogen functional groups attached to an aromatic ring is 1. The summed E-state index contributed by atoms with van der Waals surface area (Å²) in [5.41, 5.74) is 7.77. The molecule has 0 aliphatic carbocycles. The van der Waals surface area contributed by atoms with E-state index in [1.807, 2.05) is 25.1 Å². The molecule has 2 heteroatoms. The van der Waals surface area contributed by atoms with Crippen LogP contribution in [0, 0.1) is 12.8 Å². The number of hydrogen-bond acceptors (Lipinski definition) is 2. The summed E-state index contributed by atoms with van der Waals surface area (Å²) in [6, 6.07) is 5.92. The van der Waals surface area contributed by atoms with E-state index in [1.54, 1.807) is 0 Å². The first-order chi connectivity index (χ1) is 7.17. The van der Waals surface area contributed by atoms with E-state index < -0.39 is 0 Å². The highest BCUT2D eigenvalue weighted by Gasteiger charge is 2.06. The lowest BCUT2D eigenvalue weighted by molar-refractivity contribution is 0.242. The van der Waals surface area contributed by atoms with Crippen LogP contribution in [-0.2, 0) is 0 Å². The summed E-state index contributed by atoms with van der Waals surface area (Å²) in [6.45, 7) is 7.17. The lowest BCUT2D eigenvalue weighted by Crippen LogP contribution is -2.11. The van der Waals surface area contributed by atoms with Crippen molar-refractivity contribution in [2.75, 3.05) is 12.3 Å². The number of rotatable bonds is 5. The van der Waals surface area contributed by atoms with Crippen LogP contribution in [0.1, 0.15) is 32.3 Å². The molecule has 1 aromatic carbocycles. The van der Waals surface area contributed by atoms with Crippen molar-refractivity contribution in [3.63, 3.8) is 0 Å². The van der Waals surface area contributed by atoms with Gasteiger partial charge in [-0.1, -0.05) is 32.8 Å². The Morgan fingerprint density at radius 1 is 1.27 bits per heavy atom. The summed E-state index contributed by atoms with van der Waals surface area (Å²) in [7, 11) is 0. The van der Waals surface area contributed by atoms with E-state index in [2.05, 4.69) is 13.8 Å². The zero-order chi connectivity index (χ0) is 11.3. The maximum absolute atomic E-state index is 5.87. The SMILES string of the molecule is CCC(CC)COc1ccc(C)cc1N. The van der Waals surface area contributed by atoms with Crippen molar-refractivity contribution >= 4 is 5.69 Å². The Labute approximate surface area is 92.4 Å². The first-order valence-electron chi connectivity index (χ1n) is 5.66. The number of benzene rings is 1. The standard InChI is InChI=1S/C13H21NO/c1-4-11(5-2)9-15-13-7-6-10(3)8-12(13)14/h6-8,11H,4-5,9,14H2,1-3H3. The molecule has 2 N–H and O–H groups in total. The molecule has 0 fully saturated rings. The summed E-state index contributed by atoms with van der Waals surface area (Å²) in [6.07, 6.45) is 2.31. The first-order valence-corrected chi connectivity index (χ1v) is 5.66. The molecule has 0 atom stereocenters. The van der Waals surface area contributed by atoms with Gasteiger partial charge in [0.1, 0.15) is 5.75 Å². The van der Waals surface area contributed by atoms with Gasteiger partial charge in [0.25, 0.3) is 0 Å². The molecule has 0 heterocycles. The predicted molar refractivity (Wildman–Crippen MR) is 65.2 cm³/mol. The molecule has 0 aromatic heterocycles. The summed E-state index contributed by atoms with van der Waals surface area (Å²) in [5.74, 6) is 1.44. The third kappa shape index (κ3) is 3.46. The van der Waals surface area contributed by atoms with Gasteiger partial charge in [0.05, 0.1) is 12.3 Å². The van der Waals surface area contributed by atoms with Gasteiger partial charge in [-0.25, -0.2) is 0 Å². The average Bonchev–Trinajstić information content (AvgIpc) is 2.22.